The van der Waals surface area contributed by atoms with Crippen molar-refractivity contribution >= 4 is 11.5 Å². The first-order valence-corrected chi connectivity index (χ1v) is 4.19. The van der Waals surface area contributed by atoms with Crippen molar-refractivity contribution in [3.63, 3.8) is 0 Å². The molecule has 0 aromatic heterocycles. The van der Waals surface area contributed by atoms with E-state index in [1.54, 1.807) is 0 Å². The Morgan fingerprint density at radius 1 is 1.18 bits per heavy atom. The summed E-state index contributed by atoms with van der Waals surface area (Å²) < 4.78 is 61.8. The molecule has 2 nitrogen and oxygen atoms in total. The summed E-state index contributed by atoms with van der Waals surface area (Å²) >= 11 is 0. The topological polar surface area (TPSA) is 40.1 Å². The van der Waals surface area contributed by atoms with Gasteiger partial charge in [0.05, 0.1) is 0 Å². The van der Waals surface area contributed by atoms with Gasteiger partial charge in [0.25, 0.3) is 6.43 Å². The lowest BCUT2D eigenvalue weighted by Crippen LogP contribution is -2.13. The summed E-state index contributed by atoms with van der Waals surface area (Å²) in [7, 11) is 0. The first-order valence-electron chi connectivity index (χ1n) is 4.19. The molecule has 0 atom stereocenters. The van der Waals surface area contributed by atoms with Crippen LogP contribution in [0.15, 0.2) is 18.2 Å². The minimum Gasteiger partial charge on any atom is -0.872 e. The third-order valence-electron chi connectivity index (χ3n) is 1.79. The number of allylic oxidation sites excluding steroid dienone is 1. The third-order valence-corrected chi connectivity index (χ3v) is 1.79. The maximum absolute atomic E-state index is 13.0. The smallest absolute Gasteiger partial charge is 0.299 e. The molecule has 0 N–H and O–H groups in total. The molecular weight excluding hydrogens is 247 g/mol. The molecule has 0 aliphatic rings. The number of benzene rings is 1. The number of carbonyl (C=O) groups excluding carboxylic acids is 1. The maximum Gasteiger partial charge on any atom is 0.299 e. The van der Waals surface area contributed by atoms with Crippen molar-refractivity contribution in [1.29, 1.82) is 0 Å². The molecule has 0 unspecified atom stereocenters. The van der Waals surface area contributed by atoms with Gasteiger partial charge < -0.3 is 5.11 Å². The highest BCUT2D eigenvalue weighted by Gasteiger charge is 2.15. The van der Waals surface area contributed by atoms with Crippen molar-refractivity contribution in [2.24, 2.45) is 0 Å². The average Bonchev–Trinajstić information content (AvgIpc) is 2.25. The summed E-state index contributed by atoms with van der Waals surface area (Å²) in [5.74, 6) is -8.55. The molecule has 0 fully saturated rings. The van der Waals surface area contributed by atoms with Gasteiger partial charge in [-0.25, -0.2) is 22.0 Å². The van der Waals surface area contributed by atoms with Gasteiger partial charge in [0.1, 0.15) is 0 Å². The number of alkyl halides is 2. The molecule has 7 heteroatoms. The van der Waals surface area contributed by atoms with Crippen molar-refractivity contribution in [2.45, 2.75) is 6.43 Å². The molecule has 1 aromatic rings. The first-order chi connectivity index (χ1) is 7.84. The summed E-state index contributed by atoms with van der Waals surface area (Å²) in [6, 6.07) is 1.01. The lowest BCUT2D eigenvalue weighted by molar-refractivity contribution is -0.244. The van der Waals surface area contributed by atoms with Crippen LogP contribution < -0.4 is 5.11 Å². The number of hydrogen-bond donors (Lipinski definition) is 0. The largest absolute Gasteiger partial charge is 0.872 e. The van der Waals surface area contributed by atoms with Crippen LogP contribution in [0.1, 0.15) is 5.56 Å². The Morgan fingerprint density at radius 2 is 1.76 bits per heavy atom. The van der Waals surface area contributed by atoms with E-state index in [2.05, 4.69) is 0 Å². The van der Waals surface area contributed by atoms with Crippen LogP contribution >= 0.6 is 0 Å². The van der Waals surface area contributed by atoms with Crippen molar-refractivity contribution in [1.82, 2.24) is 0 Å². The Morgan fingerprint density at radius 3 is 2.29 bits per heavy atom. The van der Waals surface area contributed by atoms with E-state index in [1.807, 2.05) is 0 Å². The minimum absolute atomic E-state index is 0.0690. The highest BCUT2D eigenvalue weighted by Crippen LogP contribution is 2.19. The summed E-state index contributed by atoms with van der Waals surface area (Å²) in [6.07, 6.45) is -3.49. The second kappa shape index (κ2) is 4.94. The van der Waals surface area contributed by atoms with Crippen molar-refractivity contribution < 1.29 is 31.9 Å². The van der Waals surface area contributed by atoms with Crippen LogP contribution in [0.25, 0.3) is 5.76 Å². The lowest BCUT2D eigenvalue weighted by Gasteiger charge is -2.13. The number of ketones is 1. The molecule has 0 radical (unpaired) electrons. The van der Waals surface area contributed by atoms with E-state index in [0.717, 1.165) is 0 Å². The number of rotatable bonds is 3. The fraction of sp³-hybridized carbons (Fsp3) is 0.100. The molecule has 0 saturated heterocycles. The zero-order chi connectivity index (χ0) is 13.2. The monoisotopic (exact) mass is 251 g/mol. The third kappa shape index (κ3) is 2.80. The van der Waals surface area contributed by atoms with E-state index in [-0.39, 0.29) is 6.08 Å². The molecule has 0 aliphatic heterocycles. The molecular formula is C10H4F5O2-. The van der Waals surface area contributed by atoms with Crippen LogP contribution in [0.2, 0.25) is 0 Å². The molecule has 0 saturated carbocycles. The molecule has 0 heterocycles. The van der Waals surface area contributed by atoms with Gasteiger partial charge >= 0.3 is 0 Å². The summed E-state index contributed by atoms with van der Waals surface area (Å²) in [5.41, 5.74) is -0.988. The van der Waals surface area contributed by atoms with Gasteiger partial charge in [0.2, 0.25) is 5.78 Å². The van der Waals surface area contributed by atoms with Gasteiger partial charge in [0, 0.05) is 5.56 Å². The highest BCUT2D eigenvalue weighted by molar-refractivity contribution is 5.97. The molecule has 0 spiro atoms. The maximum atomic E-state index is 13.0. The summed E-state index contributed by atoms with van der Waals surface area (Å²) in [6.45, 7) is 0. The molecule has 92 valence electrons. The van der Waals surface area contributed by atoms with Crippen LogP contribution in [0, 0.1) is 17.5 Å². The first kappa shape index (κ1) is 13.1. The summed E-state index contributed by atoms with van der Waals surface area (Å²) in [4.78, 5) is 10.5. The predicted molar refractivity (Wildman–Crippen MR) is 45.3 cm³/mol. The van der Waals surface area contributed by atoms with Crippen molar-refractivity contribution in [3.05, 3.63) is 41.2 Å². The molecule has 0 amide bonds. The fourth-order valence-corrected chi connectivity index (χ4v) is 0.986. The van der Waals surface area contributed by atoms with Crippen molar-refractivity contribution in [3.8, 4) is 0 Å². The minimum atomic E-state index is -3.42. The second-order valence-electron chi connectivity index (χ2n) is 2.93. The SMILES string of the molecule is O=C(/C=C(\[O-])c1ccc(F)c(F)c1F)C(F)F. The van der Waals surface area contributed by atoms with Gasteiger partial charge in [-0.3, -0.25) is 4.79 Å². The van der Waals surface area contributed by atoms with E-state index < -0.39 is 41.0 Å². The van der Waals surface area contributed by atoms with Crippen LogP contribution in [-0.4, -0.2) is 12.2 Å². The number of hydrogen-bond acceptors (Lipinski definition) is 2. The van der Waals surface area contributed by atoms with Crippen molar-refractivity contribution in [2.75, 3.05) is 0 Å². The molecule has 0 bridgehead atoms. The van der Waals surface area contributed by atoms with Gasteiger partial charge in [-0.05, 0) is 18.2 Å². The standard InChI is InChI=1S/C10H5F5O2/c11-5-2-1-4(8(12)9(5)13)6(16)3-7(17)10(14)15/h1-3,10,16H/p-1/b6-3-. The second-order valence-corrected chi connectivity index (χ2v) is 2.93. The highest BCUT2D eigenvalue weighted by atomic mass is 19.3. The molecule has 1 aromatic carbocycles. The Labute approximate surface area is 92.0 Å². The van der Waals surface area contributed by atoms with Crippen LogP contribution in [0.4, 0.5) is 22.0 Å². The Balaban J connectivity index is 3.18. The Hall–Kier alpha value is -1.92. The van der Waals surface area contributed by atoms with Crippen LogP contribution in [0.3, 0.4) is 0 Å². The zero-order valence-corrected chi connectivity index (χ0v) is 8.02. The average molecular weight is 251 g/mol. The van der Waals surface area contributed by atoms with Gasteiger partial charge in [-0.2, -0.15) is 0 Å². The Kier molecular flexibility index (Phi) is 3.82. The zero-order valence-electron chi connectivity index (χ0n) is 8.02. The molecule has 17 heavy (non-hydrogen) atoms. The Bertz CT molecular complexity index is 482. The van der Waals surface area contributed by atoms with E-state index in [9.17, 15) is 31.9 Å². The van der Waals surface area contributed by atoms with E-state index >= 15 is 0 Å². The van der Waals surface area contributed by atoms with Gasteiger partial charge in [-0.1, -0.05) is 5.76 Å². The lowest BCUT2D eigenvalue weighted by atomic mass is 10.1. The quantitative estimate of drug-likeness (QED) is 0.354. The van der Waals surface area contributed by atoms with E-state index in [0.29, 0.717) is 12.1 Å². The fourth-order valence-electron chi connectivity index (χ4n) is 0.986. The van der Waals surface area contributed by atoms with E-state index in [4.69, 9.17) is 0 Å². The van der Waals surface area contributed by atoms with Gasteiger partial charge in [-0.15, -0.1) is 0 Å². The molecule has 0 aliphatic carbocycles. The predicted octanol–water partition coefficient (Wildman–Crippen LogP) is 1.64. The molecule has 1 rings (SSSR count). The van der Waals surface area contributed by atoms with E-state index in [1.165, 1.54) is 0 Å². The van der Waals surface area contributed by atoms with Gasteiger partial charge in [0.15, 0.2) is 17.5 Å². The number of carbonyl (C=O) groups is 1. The summed E-state index contributed by atoms with van der Waals surface area (Å²) in [5, 5.41) is 11.1. The van der Waals surface area contributed by atoms with Crippen LogP contribution in [0.5, 0.6) is 0 Å². The number of halogens is 5. The van der Waals surface area contributed by atoms with Crippen LogP contribution in [-0.2, 0) is 4.79 Å². The normalized spacial score (nSPS) is 12.0.